The zero-order valence-corrected chi connectivity index (χ0v) is 12.5. The third-order valence-corrected chi connectivity index (χ3v) is 3.63. The number of hydrogen-bond acceptors (Lipinski definition) is 3. The highest BCUT2D eigenvalue weighted by atomic mass is 16.3. The average Bonchev–Trinajstić information content (AvgIpc) is 2.76. The average molecular weight is 252 g/mol. The van der Waals surface area contributed by atoms with Crippen molar-refractivity contribution in [2.45, 2.75) is 53.2 Å². The monoisotopic (exact) mass is 252 g/mol. The Morgan fingerprint density at radius 1 is 1.33 bits per heavy atom. The summed E-state index contributed by atoms with van der Waals surface area (Å²) in [4.78, 5) is 2.35. The van der Waals surface area contributed by atoms with Crippen molar-refractivity contribution in [1.82, 2.24) is 10.2 Å². The minimum absolute atomic E-state index is 0.562. The molecule has 18 heavy (non-hydrogen) atoms. The Balaban J connectivity index is 2.53. The van der Waals surface area contributed by atoms with Gasteiger partial charge in [0.1, 0.15) is 5.76 Å². The topological polar surface area (TPSA) is 28.4 Å². The lowest BCUT2D eigenvalue weighted by atomic mass is 10.0. The molecule has 0 fully saturated rings. The molecule has 0 bridgehead atoms. The van der Waals surface area contributed by atoms with Crippen molar-refractivity contribution in [3.8, 4) is 0 Å². The summed E-state index contributed by atoms with van der Waals surface area (Å²) in [6, 6.07) is 2.64. The van der Waals surface area contributed by atoms with Gasteiger partial charge >= 0.3 is 0 Å². The number of hydrogen-bond donors (Lipinski definition) is 1. The van der Waals surface area contributed by atoms with Gasteiger partial charge in [-0.1, -0.05) is 20.8 Å². The van der Waals surface area contributed by atoms with Gasteiger partial charge in [0.05, 0.1) is 12.8 Å². The Bertz CT molecular complexity index is 333. The van der Waals surface area contributed by atoms with E-state index in [1.807, 2.05) is 0 Å². The molecule has 1 unspecified atom stereocenters. The van der Waals surface area contributed by atoms with Gasteiger partial charge in [-0.15, -0.1) is 0 Å². The van der Waals surface area contributed by atoms with E-state index in [-0.39, 0.29) is 0 Å². The zero-order chi connectivity index (χ0) is 13.5. The summed E-state index contributed by atoms with van der Waals surface area (Å²) >= 11 is 0. The van der Waals surface area contributed by atoms with Gasteiger partial charge in [-0.2, -0.15) is 0 Å². The van der Waals surface area contributed by atoms with Gasteiger partial charge in [0.15, 0.2) is 0 Å². The summed E-state index contributed by atoms with van der Waals surface area (Å²) in [7, 11) is 2.16. The molecule has 1 aromatic heterocycles. The molecule has 3 nitrogen and oxygen atoms in total. The number of nitrogens with zero attached hydrogens (tertiary/aromatic N) is 1. The Morgan fingerprint density at radius 2 is 2.06 bits per heavy atom. The minimum Gasteiger partial charge on any atom is -0.468 e. The maximum Gasteiger partial charge on any atom is 0.122 e. The van der Waals surface area contributed by atoms with Crippen LogP contribution >= 0.6 is 0 Å². The molecule has 0 aliphatic rings. The summed E-state index contributed by atoms with van der Waals surface area (Å²) < 4.78 is 5.61. The molecule has 0 aliphatic heterocycles. The van der Waals surface area contributed by atoms with Gasteiger partial charge in [-0.25, -0.2) is 0 Å². The van der Waals surface area contributed by atoms with E-state index < -0.39 is 0 Å². The van der Waals surface area contributed by atoms with Crippen LogP contribution in [0.1, 0.15) is 45.4 Å². The Morgan fingerprint density at radius 3 is 2.67 bits per heavy atom. The summed E-state index contributed by atoms with van der Waals surface area (Å²) in [6.45, 7) is 11.8. The zero-order valence-electron chi connectivity index (χ0n) is 12.5. The third kappa shape index (κ3) is 4.46. The lowest BCUT2D eigenvalue weighted by molar-refractivity contribution is 0.186. The molecular weight excluding hydrogens is 224 g/mol. The molecule has 0 spiro atoms. The molecule has 0 saturated heterocycles. The highest BCUT2D eigenvalue weighted by molar-refractivity contribution is 5.16. The lowest BCUT2D eigenvalue weighted by Crippen LogP contribution is -2.33. The number of rotatable bonds is 8. The van der Waals surface area contributed by atoms with E-state index >= 15 is 0 Å². The molecule has 3 heteroatoms. The maximum atomic E-state index is 5.61. The summed E-state index contributed by atoms with van der Waals surface area (Å²) in [5, 5.41) is 3.42. The van der Waals surface area contributed by atoms with Crippen LogP contribution in [-0.2, 0) is 13.1 Å². The molecular formula is C15H28N2O. The van der Waals surface area contributed by atoms with E-state index in [9.17, 15) is 0 Å². The van der Waals surface area contributed by atoms with Gasteiger partial charge in [0.25, 0.3) is 0 Å². The second kappa shape index (κ2) is 7.59. The molecule has 1 aromatic rings. The van der Waals surface area contributed by atoms with E-state index in [1.165, 1.54) is 5.56 Å². The molecule has 0 aliphatic carbocycles. The van der Waals surface area contributed by atoms with Gasteiger partial charge in [0, 0.05) is 18.2 Å². The van der Waals surface area contributed by atoms with Crippen LogP contribution in [0.5, 0.6) is 0 Å². The minimum atomic E-state index is 0.562. The molecule has 0 saturated carbocycles. The predicted molar refractivity (Wildman–Crippen MR) is 76.5 cm³/mol. The van der Waals surface area contributed by atoms with Crippen molar-refractivity contribution in [2.75, 3.05) is 13.6 Å². The largest absolute Gasteiger partial charge is 0.468 e. The standard InChI is InChI=1S/C15H28N2O/c1-6-8-16-10-14-7-9-18-15(14)11-17(5)13(4)12(2)3/h7,9,12-13,16H,6,8,10-11H2,1-5H3. The van der Waals surface area contributed by atoms with Gasteiger partial charge in [0.2, 0.25) is 0 Å². The summed E-state index contributed by atoms with van der Waals surface area (Å²) in [5.41, 5.74) is 1.28. The smallest absolute Gasteiger partial charge is 0.122 e. The Kier molecular flexibility index (Phi) is 6.44. The highest BCUT2D eigenvalue weighted by Crippen LogP contribution is 2.16. The van der Waals surface area contributed by atoms with Crippen LogP contribution in [0.15, 0.2) is 16.7 Å². The van der Waals surface area contributed by atoms with Crippen LogP contribution in [0, 0.1) is 5.92 Å². The first-order valence-electron chi connectivity index (χ1n) is 7.02. The molecule has 1 heterocycles. The van der Waals surface area contributed by atoms with Crippen LogP contribution in [0.25, 0.3) is 0 Å². The lowest BCUT2D eigenvalue weighted by Gasteiger charge is -2.27. The SMILES string of the molecule is CCCNCc1ccoc1CN(C)C(C)C(C)C. The fraction of sp³-hybridized carbons (Fsp3) is 0.733. The fourth-order valence-electron chi connectivity index (χ4n) is 1.94. The number of furan rings is 1. The van der Waals surface area contributed by atoms with Crippen molar-refractivity contribution in [3.05, 3.63) is 23.7 Å². The Hall–Kier alpha value is -0.800. The normalized spacial score (nSPS) is 13.5. The highest BCUT2D eigenvalue weighted by Gasteiger charge is 2.16. The molecule has 0 radical (unpaired) electrons. The molecule has 0 amide bonds. The van der Waals surface area contributed by atoms with Gasteiger partial charge < -0.3 is 9.73 Å². The van der Waals surface area contributed by atoms with E-state index in [0.29, 0.717) is 12.0 Å². The predicted octanol–water partition coefficient (Wildman–Crippen LogP) is 3.26. The molecule has 1 atom stereocenters. The van der Waals surface area contributed by atoms with Crippen molar-refractivity contribution >= 4 is 0 Å². The summed E-state index contributed by atoms with van der Waals surface area (Å²) in [5.74, 6) is 1.75. The Labute approximate surface area is 112 Å². The van der Waals surface area contributed by atoms with E-state index in [0.717, 1.165) is 31.8 Å². The van der Waals surface area contributed by atoms with Crippen LogP contribution in [0.3, 0.4) is 0 Å². The van der Waals surface area contributed by atoms with Crippen LogP contribution < -0.4 is 5.32 Å². The second-order valence-electron chi connectivity index (χ2n) is 5.45. The number of nitrogens with one attached hydrogen (secondary N) is 1. The van der Waals surface area contributed by atoms with Crippen LogP contribution in [0.2, 0.25) is 0 Å². The van der Waals surface area contributed by atoms with E-state index in [4.69, 9.17) is 4.42 Å². The van der Waals surface area contributed by atoms with Crippen LogP contribution in [0.4, 0.5) is 0 Å². The summed E-state index contributed by atoms with van der Waals surface area (Å²) in [6.07, 6.45) is 2.96. The first kappa shape index (κ1) is 15.3. The van der Waals surface area contributed by atoms with Gasteiger partial charge in [-0.3, -0.25) is 4.90 Å². The van der Waals surface area contributed by atoms with Crippen molar-refractivity contribution in [3.63, 3.8) is 0 Å². The maximum absolute atomic E-state index is 5.61. The van der Waals surface area contributed by atoms with E-state index in [1.54, 1.807) is 6.26 Å². The quantitative estimate of drug-likeness (QED) is 0.720. The fourth-order valence-corrected chi connectivity index (χ4v) is 1.94. The van der Waals surface area contributed by atoms with Gasteiger partial charge in [-0.05, 0) is 38.9 Å². The van der Waals surface area contributed by atoms with Crippen molar-refractivity contribution in [2.24, 2.45) is 5.92 Å². The van der Waals surface area contributed by atoms with Crippen molar-refractivity contribution < 1.29 is 4.42 Å². The first-order valence-corrected chi connectivity index (χ1v) is 7.02. The molecule has 104 valence electrons. The van der Waals surface area contributed by atoms with Crippen molar-refractivity contribution in [1.29, 1.82) is 0 Å². The second-order valence-corrected chi connectivity index (χ2v) is 5.45. The molecule has 1 rings (SSSR count). The van der Waals surface area contributed by atoms with Crippen LogP contribution in [-0.4, -0.2) is 24.5 Å². The molecule has 1 N–H and O–H groups in total. The van der Waals surface area contributed by atoms with E-state index in [2.05, 4.69) is 51.0 Å². The molecule has 0 aromatic carbocycles. The third-order valence-electron chi connectivity index (χ3n) is 3.63. The first-order chi connectivity index (χ1) is 8.56.